The zero-order valence-corrected chi connectivity index (χ0v) is 11.3. The Morgan fingerprint density at radius 3 is 2.25 bits per heavy atom. The molecule has 1 heterocycles. The highest BCUT2D eigenvalue weighted by molar-refractivity contribution is 5.63. The van der Waals surface area contributed by atoms with Gasteiger partial charge in [0.15, 0.2) is 0 Å². The highest BCUT2D eigenvalue weighted by Crippen LogP contribution is 2.23. The van der Waals surface area contributed by atoms with E-state index in [2.05, 4.69) is 5.32 Å². The number of hydrogen-bond acceptors (Lipinski definition) is 2. The van der Waals surface area contributed by atoms with Gasteiger partial charge in [-0.25, -0.2) is 4.39 Å². The van der Waals surface area contributed by atoms with Crippen LogP contribution in [0.5, 0.6) is 5.75 Å². The van der Waals surface area contributed by atoms with Gasteiger partial charge in [-0.2, -0.15) is 0 Å². The Labute approximate surface area is 118 Å². The summed E-state index contributed by atoms with van der Waals surface area (Å²) in [7, 11) is 0. The Morgan fingerprint density at radius 1 is 1.00 bits per heavy atom. The Morgan fingerprint density at radius 2 is 1.65 bits per heavy atom. The van der Waals surface area contributed by atoms with E-state index in [0.717, 1.165) is 36.6 Å². The molecule has 1 N–H and O–H groups in total. The molecule has 0 radical (unpaired) electrons. The van der Waals surface area contributed by atoms with Crippen molar-refractivity contribution in [1.29, 1.82) is 0 Å². The number of ether oxygens (including phenoxy) is 1. The number of rotatable bonds is 4. The van der Waals surface area contributed by atoms with E-state index in [9.17, 15) is 4.39 Å². The second-order valence-electron chi connectivity index (χ2n) is 5.20. The maximum absolute atomic E-state index is 12.9. The van der Waals surface area contributed by atoms with Crippen molar-refractivity contribution in [3.63, 3.8) is 0 Å². The first kappa shape index (κ1) is 13.1. The Bertz CT molecular complexity index is 544. The number of nitrogens with one attached hydrogen (secondary N) is 1. The molecule has 1 unspecified atom stereocenters. The molecule has 0 aliphatic carbocycles. The number of hydrogen-bond donors (Lipinski definition) is 1. The predicted molar refractivity (Wildman–Crippen MR) is 78.3 cm³/mol. The van der Waals surface area contributed by atoms with E-state index in [1.807, 2.05) is 24.3 Å². The molecule has 0 saturated carbocycles. The molecule has 1 saturated heterocycles. The van der Waals surface area contributed by atoms with E-state index in [1.54, 1.807) is 12.1 Å². The Balaban J connectivity index is 1.63. The minimum atomic E-state index is -0.209. The highest BCUT2D eigenvalue weighted by atomic mass is 19.1. The summed E-state index contributed by atoms with van der Waals surface area (Å²) in [5, 5.41) is 3.33. The van der Waals surface area contributed by atoms with Crippen molar-refractivity contribution in [3.05, 3.63) is 54.3 Å². The topological polar surface area (TPSA) is 21.3 Å². The number of benzene rings is 2. The molecule has 2 aromatic carbocycles. The van der Waals surface area contributed by atoms with Gasteiger partial charge in [-0.1, -0.05) is 24.3 Å². The van der Waals surface area contributed by atoms with Crippen molar-refractivity contribution >= 4 is 0 Å². The van der Waals surface area contributed by atoms with E-state index in [4.69, 9.17) is 4.74 Å². The van der Waals surface area contributed by atoms with Gasteiger partial charge in [-0.3, -0.25) is 0 Å². The van der Waals surface area contributed by atoms with E-state index >= 15 is 0 Å². The quantitative estimate of drug-likeness (QED) is 0.919. The average Bonchev–Trinajstić information content (AvgIpc) is 3.00. The summed E-state index contributed by atoms with van der Waals surface area (Å²) in [5.74, 6) is 1.30. The van der Waals surface area contributed by atoms with Gasteiger partial charge in [0.1, 0.15) is 11.6 Å². The standard InChI is InChI=1S/C17H18FNO/c18-16-5-1-14(2-6-16)15-3-7-17(8-4-15)20-12-13-9-10-19-11-13/h1-8,13,19H,9-12H2. The normalized spacial score (nSPS) is 18.1. The monoisotopic (exact) mass is 271 g/mol. The predicted octanol–water partition coefficient (Wildman–Crippen LogP) is 3.48. The highest BCUT2D eigenvalue weighted by Gasteiger charge is 2.14. The fraction of sp³-hybridized carbons (Fsp3) is 0.294. The zero-order chi connectivity index (χ0) is 13.8. The molecule has 3 rings (SSSR count). The van der Waals surface area contributed by atoms with Gasteiger partial charge < -0.3 is 10.1 Å². The lowest BCUT2D eigenvalue weighted by molar-refractivity contribution is 0.260. The molecular weight excluding hydrogens is 253 g/mol. The van der Waals surface area contributed by atoms with Crippen LogP contribution in [-0.4, -0.2) is 19.7 Å². The molecule has 1 aliphatic rings. The summed E-state index contributed by atoms with van der Waals surface area (Å²) in [6.07, 6.45) is 1.19. The van der Waals surface area contributed by atoms with Crippen LogP contribution < -0.4 is 10.1 Å². The SMILES string of the molecule is Fc1ccc(-c2ccc(OCC3CCNC3)cc2)cc1. The molecule has 0 aromatic heterocycles. The third kappa shape index (κ3) is 3.17. The Kier molecular flexibility index (Phi) is 3.97. The summed E-state index contributed by atoms with van der Waals surface area (Å²) in [4.78, 5) is 0. The molecule has 0 amide bonds. The summed E-state index contributed by atoms with van der Waals surface area (Å²) in [6, 6.07) is 14.5. The molecule has 104 valence electrons. The number of halogens is 1. The van der Waals surface area contributed by atoms with Crippen LogP contribution in [0.15, 0.2) is 48.5 Å². The van der Waals surface area contributed by atoms with Crippen molar-refractivity contribution in [2.45, 2.75) is 6.42 Å². The lowest BCUT2D eigenvalue weighted by Crippen LogP contribution is -2.15. The van der Waals surface area contributed by atoms with Crippen LogP contribution in [0.25, 0.3) is 11.1 Å². The molecule has 1 atom stereocenters. The van der Waals surface area contributed by atoms with Crippen LogP contribution in [0.2, 0.25) is 0 Å². The van der Waals surface area contributed by atoms with Gasteiger partial charge in [0, 0.05) is 12.5 Å². The van der Waals surface area contributed by atoms with Crippen LogP contribution in [0.3, 0.4) is 0 Å². The Hall–Kier alpha value is -1.87. The molecule has 3 heteroatoms. The first-order valence-electron chi connectivity index (χ1n) is 7.01. The third-order valence-electron chi connectivity index (χ3n) is 3.68. The maximum atomic E-state index is 12.9. The van der Waals surface area contributed by atoms with Gasteiger partial charge >= 0.3 is 0 Å². The van der Waals surface area contributed by atoms with Crippen LogP contribution in [0.1, 0.15) is 6.42 Å². The summed E-state index contributed by atoms with van der Waals surface area (Å²) >= 11 is 0. The summed E-state index contributed by atoms with van der Waals surface area (Å²) < 4.78 is 18.7. The lowest BCUT2D eigenvalue weighted by atomic mass is 10.1. The molecule has 20 heavy (non-hydrogen) atoms. The van der Waals surface area contributed by atoms with Crippen molar-refractivity contribution in [3.8, 4) is 16.9 Å². The lowest BCUT2D eigenvalue weighted by Gasteiger charge is -2.11. The smallest absolute Gasteiger partial charge is 0.123 e. The molecule has 1 aliphatic heterocycles. The first-order chi connectivity index (χ1) is 9.81. The van der Waals surface area contributed by atoms with E-state index in [1.165, 1.54) is 18.6 Å². The molecule has 0 bridgehead atoms. The molecular formula is C17H18FNO. The van der Waals surface area contributed by atoms with Gasteiger partial charge in [0.2, 0.25) is 0 Å². The second kappa shape index (κ2) is 6.06. The molecule has 0 spiro atoms. The minimum Gasteiger partial charge on any atom is -0.493 e. The third-order valence-corrected chi connectivity index (χ3v) is 3.68. The van der Waals surface area contributed by atoms with Crippen LogP contribution in [-0.2, 0) is 0 Å². The second-order valence-corrected chi connectivity index (χ2v) is 5.20. The fourth-order valence-corrected chi connectivity index (χ4v) is 2.46. The van der Waals surface area contributed by atoms with Crippen LogP contribution >= 0.6 is 0 Å². The largest absolute Gasteiger partial charge is 0.493 e. The molecule has 2 nitrogen and oxygen atoms in total. The van der Waals surface area contributed by atoms with Crippen molar-refractivity contribution in [1.82, 2.24) is 5.32 Å². The van der Waals surface area contributed by atoms with Gasteiger partial charge in [-0.05, 0) is 48.4 Å². The zero-order valence-electron chi connectivity index (χ0n) is 11.3. The van der Waals surface area contributed by atoms with Crippen molar-refractivity contribution in [2.24, 2.45) is 5.92 Å². The fourth-order valence-electron chi connectivity index (χ4n) is 2.46. The van der Waals surface area contributed by atoms with E-state index < -0.39 is 0 Å². The van der Waals surface area contributed by atoms with E-state index in [-0.39, 0.29) is 5.82 Å². The average molecular weight is 271 g/mol. The minimum absolute atomic E-state index is 0.209. The van der Waals surface area contributed by atoms with Crippen molar-refractivity contribution in [2.75, 3.05) is 19.7 Å². The summed E-state index contributed by atoms with van der Waals surface area (Å²) in [6.45, 7) is 2.91. The van der Waals surface area contributed by atoms with E-state index in [0.29, 0.717) is 5.92 Å². The van der Waals surface area contributed by atoms with Gasteiger partial charge in [-0.15, -0.1) is 0 Å². The van der Waals surface area contributed by atoms with Crippen molar-refractivity contribution < 1.29 is 9.13 Å². The maximum Gasteiger partial charge on any atom is 0.123 e. The first-order valence-corrected chi connectivity index (χ1v) is 7.01. The van der Waals surface area contributed by atoms with Crippen LogP contribution in [0.4, 0.5) is 4.39 Å². The molecule has 1 fully saturated rings. The van der Waals surface area contributed by atoms with Crippen LogP contribution in [0, 0.1) is 11.7 Å². The van der Waals surface area contributed by atoms with Gasteiger partial charge in [0.05, 0.1) is 6.61 Å². The molecule has 2 aromatic rings. The summed E-state index contributed by atoms with van der Waals surface area (Å²) in [5.41, 5.74) is 2.08. The van der Waals surface area contributed by atoms with Gasteiger partial charge in [0.25, 0.3) is 0 Å².